The Morgan fingerprint density at radius 2 is 1.86 bits per heavy atom. The van der Waals surface area contributed by atoms with Gasteiger partial charge in [0.05, 0.1) is 18.1 Å². The number of rotatable bonds is 4. The molecule has 0 aliphatic carbocycles. The molecule has 2 aliphatic heterocycles. The molecular weight excluding hydrogens is 270 g/mol. The summed E-state index contributed by atoms with van der Waals surface area (Å²) in [6, 6.07) is 0. The zero-order valence-electron chi connectivity index (χ0n) is 13.5. The maximum absolute atomic E-state index is 12.6. The predicted octanol–water partition coefficient (Wildman–Crippen LogP) is 0.0323. The zero-order chi connectivity index (χ0) is 15.6. The van der Waals surface area contributed by atoms with Gasteiger partial charge in [-0.3, -0.25) is 9.59 Å². The van der Waals surface area contributed by atoms with Crippen LogP contribution in [0.25, 0.3) is 0 Å². The predicted molar refractivity (Wildman–Crippen MR) is 79.8 cm³/mol. The first-order chi connectivity index (χ1) is 9.86. The van der Waals surface area contributed by atoms with Gasteiger partial charge >= 0.3 is 0 Å². The minimum Gasteiger partial charge on any atom is -0.372 e. The molecule has 6 heteroatoms. The van der Waals surface area contributed by atoms with E-state index in [1.54, 1.807) is 0 Å². The lowest BCUT2D eigenvalue weighted by Crippen LogP contribution is -2.50. The standard InChI is InChI=1S/C15H27N3O3/c1-11-8-18(9-12(2)21-11)15(20)13-7-14(19)17(10-13)6-5-16(3)4/h11-13H,5-10H2,1-4H3/t11-,12-,13+/m1/s1. The van der Waals surface area contributed by atoms with E-state index in [0.717, 1.165) is 6.54 Å². The number of likely N-dealkylation sites (tertiary alicyclic amines) is 1. The zero-order valence-corrected chi connectivity index (χ0v) is 13.5. The number of amides is 2. The van der Waals surface area contributed by atoms with Crippen molar-refractivity contribution in [1.29, 1.82) is 0 Å². The van der Waals surface area contributed by atoms with Gasteiger partial charge < -0.3 is 19.4 Å². The van der Waals surface area contributed by atoms with Crippen molar-refractivity contribution >= 4 is 11.8 Å². The molecule has 120 valence electrons. The van der Waals surface area contributed by atoms with Crippen molar-refractivity contribution in [2.24, 2.45) is 5.92 Å². The quantitative estimate of drug-likeness (QED) is 0.735. The first kappa shape index (κ1) is 16.2. The first-order valence-electron chi connectivity index (χ1n) is 7.73. The highest BCUT2D eigenvalue weighted by atomic mass is 16.5. The molecule has 0 aromatic rings. The molecular formula is C15H27N3O3. The van der Waals surface area contributed by atoms with Crippen LogP contribution in [-0.4, -0.2) is 85.5 Å². The summed E-state index contributed by atoms with van der Waals surface area (Å²) in [6.45, 7) is 7.32. The van der Waals surface area contributed by atoms with E-state index in [2.05, 4.69) is 0 Å². The molecule has 0 bridgehead atoms. The first-order valence-corrected chi connectivity index (χ1v) is 7.73. The number of carbonyl (C=O) groups is 2. The Balaban J connectivity index is 1.90. The maximum Gasteiger partial charge on any atom is 0.228 e. The van der Waals surface area contributed by atoms with E-state index in [-0.39, 0.29) is 29.9 Å². The van der Waals surface area contributed by atoms with E-state index in [4.69, 9.17) is 4.74 Å². The summed E-state index contributed by atoms with van der Waals surface area (Å²) in [5, 5.41) is 0. The van der Waals surface area contributed by atoms with E-state index in [1.165, 1.54) is 0 Å². The van der Waals surface area contributed by atoms with Gasteiger partial charge in [0.25, 0.3) is 0 Å². The lowest BCUT2D eigenvalue weighted by atomic mass is 10.1. The summed E-state index contributed by atoms with van der Waals surface area (Å²) in [7, 11) is 3.97. The van der Waals surface area contributed by atoms with Gasteiger partial charge in [-0.2, -0.15) is 0 Å². The number of likely N-dealkylation sites (N-methyl/N-ethyl adjacent to an activating group) is 1. The molecule has 0 radical (unpaired) electrons. The van der Waals surface area contributed by atoms with Crippen LogP contribution in [0.1, 0.15) is 20.3 Å². The molecule has 2 amide bonds. The molecule has 0 spiro atoms. The molecule has 2 rings (SSSR count). The van der Waals surface area contributed by atoms with Crippen LogP contribution in [0.4, 0.5) is 0 Å². The van der Waals surface area contributed by atoms with Crippen LogP contribution in [0.2, 0.25) is 0 Å². The van der Waals surface area contributed by atoms with Crippen molar-refractivity contribution in [3.63, 3.8) is 0 Å². The minimum absolute atomic E-state index is 0.0691. The third-order valence-corrected chi connectivity index (χ3v) is 4.11. The van der Waals surface area contributed by atoms with Crippen LogP contribution in [0.5, 0.6) is 0 Å². The van der Waals surface area contributed by atoms with Crippen molar-refractivity contribution in [2.45, 2.75) is 32.5 Å². The molecule has 0 aromatic heterocycles. The van der Waals surface area contributed by atoms with Crippen molar-refractivity contribution in [3.05, 3.63) is 0 Å². The molecule has 6 nitrogen and oxygen atoms in total. The lowest BCUT2D eigenvalue weighted by Gasteiger charge is -2.36. The van der Waals surface area contributed by atoms with E-state index in [9.17, 15) is 9.59 Å². The monoisotopic (exact) mass is 297 g/mol. The van der Waals surface area contributed by atoms with Gasteiger partial charge in [-0.05, 0) is 27.9 Å². The Labute approximate surface area is 127 Å². The van der Waals surface area contributed by atoms with Gasteiger partial charge in [0.2, 0.25) is 11.8 Å². The van der Waals surface area contributed by atoms with Crippen molar-refractivity contribution in [2.75, 3.05) is 46.8 Å². The smallest absolute Gasteiger partial charge is 0.228 e. The molecule has 2 heterocycles. The van der Waals surface area contributed by atoms with Crippen molar-refractivity contribution in [1.82, 2.24) is 14.7 Å². The Bertz CT molecular complexity index is 390. The highest BCUT2D eigenvalue weighted by Gasteiger charge is 2.38. The SMILES string of the molecule is C[C@@H]1CN(C(=O)[C@H]2CC(=O)N(CCN(C)C)C2)C[C@@H](C)O1. The number of morpholine rings is 1. The maximum atomic E-state index is 12.6. The second-order valence-corrected chi connectivity index (χ2v) is 6.54. The van der Waals surface area contributed by atoms with Gasteiger partial charge in [-0.25, -0.2) is 0 Å². The van der Waals surface area contributed by atoms with Crippen molar-refractivity contribution in [3.8, 4) is 0 Å². The Morgan fingerprint density at radius 1 is 1.24 bits per heavy atom. The van der Waals surface area contributed by atoms with Crippen LogP contribution >= 0.6 is 0 Å². The summed E-state index contributed by atoms with van der Waals surface area (Å²) in [5.74, 6) is 0.0272. The summed E-state index contributed by atoms with van der Waals surface area (Å²) in [4.78, 5) is 30.4. The van der Waals surface area contributed by atoms with Gasteiger partial charge in [0, 0.05) is 39.1 Å². The Kier molecular flexibility index (Phi) is 5.22. The molecule has 2 fully saturated rings. The molecule has 2 saturated heterocycles. The van der Waals surface area contributed by atoms with E-state index >= 15 is 0 Å². The summed E-state index contributed by atoms with van der Waals surface area (Å²) in [5.41, 5.74) is 0. The van der Waals surface area contributed by atoms with Crippen LogP contribution in [0, 0.1) is 5.92 Å². The minimum atomic E-state index is -0.183. The van der Waals surface area contributed by atoms with Crippen LogP contribution < -0.4 is 0 Å². The topological polar surface area (TPSA) is 53.1 Å². The normalized spacial score (nSPS) is 30.3. The molecule has 0 saturated carbocycles. The van der Waals surface area contributed by atoms with E-state index in [0.29, 0.717) is 32.6 Å². The lowest BCUT2D eigenvalue weighted by molar-refractivity contribution is -0.147. The second kappa shape index (κ2) is 6.75. The average molecular weight is 297 g/mol. The van der Waals surface area contributed by atoms with Crippen molar-refractivity contribution < 1.29 is 14.3 Å². The number of ether oxygens (including phenoxy) is 1. The van der Waals surface area contributed by atoms with Gasteiger partial charge in [-0.15, -0.1) is 0 Å². The fraction of sp³-hybridized carbons (Fsp3) is 0.867. The third kappa shape index (κ3) is 4.17. The van der Waals surface area contributed by atoms with Gasteiger partial charge in [0.1, 0.15) is 0 Å². The number of hydrogen-bond donors (Lipinski definition) is 0. The molecule has 2 aliphatic rings. The van der Waals surface area contributed by atoms with E-state index < -0.39 is 0 Å². The molecule has 0 aromatic carbocycles. The molecule has 3 atom stereocenters. The fourth-order valence-electron chi connectivity index (χ4n) is 3.09. The summed E-state index contributed by atoms with van der Waals surface area (Å²) in [6.07, 6.45) is 0.492. The third-order valence-electron chi connectivity index (χ3n) is 4.11. The highest BCUT2D eigenvalue weighted by molar-refractivity contribution is 5.89. The van der Waals surface area contributed by atoms with E-state index in [1.807, 2.05) is 42.6 Å². The van der Waals surface area contributed by atoms with Crippen LogP contribution in [-0.2, 0) is 14.3 Å². The van der Waals surface area contributed by atoms with Gasteiger partial charge in [-0.1, -0.05) is 0 Å². The van der Waals surface area contributed by atoms with Gasteiger partial charge in [0.15, 0.2) is 0 Å². The second-order valence-electron chi connectivity index (χ2n) is 6.54. The molecule has 0 N–H and O–H groups in total. The average Bonchev–Trinajstić information content (AvgIpc) is 2.75. The fourth-order valence-corrected chi connectivity index (χ4v) is 3.09. The summed E-state index contributed by atoms with van der Waals surface area (Å²) >= 11 is 0. The number of carbonyl (C=O) groups excluding carboxylic acids is 2. The largest absolute Gasteiger partial charge is 0.372 e. The van der Waals surface area contributed by atoms with Crippen LogP contribution in [0.3, 0.4) is 0 Å². The molecule has 0 unspecified atom stereocenters. The summed E-state index contributed by atoms with van der Waals surface area (Å²) < 4.78 is 5.66. The Morgan fingerprint density at radius 3 is 2.43 bits per heavy atom. The number of hydrogen-bond acceptors (Lipinski definition) is 4. The number of nitrogens with zero attached hydrogens (tertiary/aromatic N) is 3. The van der Waals surface area contributed by atoms with Crippen LogP contribution in [0.15, 0.2) is 0 Å². The highest BCUT2D eigenvalue weighted by Crippen LogP contribution is 2.22. The Hall–Kier alpha value is -1.14. The molecule has 21 heavy (non-hydrogen) atoms.